The van der Waals surface area contributed by atoms with Crippen molar-refractivity contribution in [3.8, 4) is 5.75 Å². The summed E-state index contributed by atoms with van der Waals surface area (Å²) < 4.78 is 13.1. The lowest BCUT2D eigenvalue weighted by Crippen LogP contribution is -2.39. The van der Waals surface area contributed by atoms with E-state index < -0.39 is 29.7 Å². The fraction of sp³-hybridized carbons (Fsp3) is 0.393. The molecular formula is C28H34N4O5S. The standard InChI is InChI=1S/C28H34N4O5S/c1-17-15-32(27(35)31-25(17)34)24-13-22(33)23(37-24)14-29-26(38)30-20-9-11-21(12-10-20)36-16-18-5-7-19(8-6-18)28(2,3)4/h5-12,15,22-24,33H,13-14,16H2,1-4H3,(H2,29,30,38)(H,31,34,35)/t22-,23+,24-/m0/s1. The first kappa shape index (κ1) is 27.6. The van der Waals surface area contributed by atoms with Crippen molar-refractivity contribution < 1.29 is 14.6 Å². The van der Waals surface area contributed by atoms with E-state index in [2.05, 4.69) is 60.7 Å². The number of H-pyrrole nitrogens is 1. The van der Waals surface area contributed by atoms with Gasteiger partial charge in [0.2, 0.25) is 0 Å². The second-order valence-electron chi connectivity index (χ2n) is 10.5. The van der Waals surface area contributed by atoms with Crippen molar-refractivity contribution in [3.05, 3.63) is 92.3 Å². The van der Waals surface area contributed by atoms with Crippen LogP contribution in [0.1, 0.15) is 50.1 Å². The van der Waals surface area contributed by atoms with Crippen LogP contribution in [0.25, 0.3) is 0 Å². The molecular weight excluding hydrogens is 504 g/mol. The number of thiocarbonyl (C=S) groups is 1. The van der Waals surface area contributed by atoms with Crippen molar-refractivity contribution in [2.24, 2.45) is 0 Å². The molecule has 2 heterocycles. The van der Waals surface area contributed by atoms with Crippen LogP contribution in [0.3, 0.4) is 0 Å². The summed E-state index contributed by atoms with van der Waals surface area (Å²) in [7, 11) is 0. The molecule has 0 aliphatic carbocycles. The van der Waals surface area contributed by atoms with Crippen LogP contribution in [0.5, 0.6) is 5.75 Å². The van der Waals surface area contributed by atoms with Crippen molar-refractivity contribution in [2.75, 3.05) is 11.9 Å². The highest BCUT2D eigenvalue weighted by Crippen LogP contribution is 2.27. The number of aromatic amines is 1. The third-order valence-corrected chi connectivity index (χ3v) is 6.71. The van der Waals surface area contributed by atoms with Gasteiger partial charge in [-0.3, -0.25) is 14.3 Å². The van der Waals surface area contributed by atoms with Crippen LogP contribution in [0.2, 0.25) is 0 Å². The summed E-state index contributed by atoms with van der Waals surface area (Å²) in [5, 5.41) is 16.9. The van der Waals surface area contributed by atoms with E-state index in [1.807, 2.05) is 24.3 Å². The molecule has 3 atom stereocenters. The van der Waals surface area contributed by atoms with Gasteiger partial charge in [0.15, 0.2) is 5.11 Å². The Balaban J connectivity index is 1.24. The fourth-order valence-electron chi connectivity index (χ4n) is 4.14. The van der Waals surface area contributed by atoms with Gasteiger partial charge in [0, 0.05) is 30.4 Å². The van der Waals surface area contributed by atoms with E-state index in [-0.39, 0.29) is 18.4 Å². The summed E-state index contributed by atoms with van der Waals surface area (Å²) in [5.74, 6) is 0.746. The topological polar surface area (TPSA) is 118 Å². The van der Waals surface area contributed by atoms with Gasteiger partial charge in [-0.1, -0.05) is 45.0 Å². The largest absolute Gasteiger partial charge is 0.489 e. The Labute approximate surface area is 226 Å². The van der Waals surface area contributed by atoms with E-state index in [1.165, 1.54) is 16.3 Å². The van der Waals surface area contributed by atoms with E-state index in [1.54, 1.807) is 6.92 Å². The van der Waals surface area contributed by atoms with Crippen molar-refractivity contribution in [2.45, 2.75) is 64.6 Å². The second kappa shape index (κ2) is 11.5. The molecule has 202 valence electrons. The first-order valence-corrected chi connectivity index (χ1v) is 12.9. The summed E-state index contributed by atoms with van der Waals surface area (Å²) >= 11 is 5.38. The van der Waals surface area contributed by atoms with Crippen molar-refractivity contribution in [1.82, 2.24) is 14.9 Å². The monoisotopic (exact) mass is 538 g/mol. The molecule has 0 bridgehead atoms. The maximum Gasteiger partial charge on any atom is 0.330 e. The Morgan fingerprint density at radius 2 is 1.84 bits per heavy atom. The van der Waals surface area contributed by atoms with Gasteiger partial charge in [-0.25, -0.2) is 4.79 Å². The molecule has 0 radical (unpaired) electrons. The minimum absolute atomic E-state index is 0.120. The smallest absolute Gasteiger partial charge is 0.330 e. The number of ether oxygens (including phenoxy) is 2. The molecule has 1 aromatic heterocycles. The maximum atomic E-state index is 12.1. The minimum Gasteiger partial charge on any atom is -0.489 e. The number of aromatic nitrogens is 2. The van der Waals surface area contributed by atoms with Crippen molar-refractivity contribution in [3.63, 3.8) is 0 Å². The highest BCUT2D eigenvalue weighted by atomic mass is 32.1. The van der Waals surface area contributed by atoms with Gasteiger partial charge in [0.25, 0.3) is 5.56 Å². The fourth-order valence-corrected chi connectivity index (χ4v) is 4.34. The Hall–Kier alpha value is -3.47. The van der Waals surface area contributed by atoms with Gasteiger partial charge in [0.05, 0.1) is 6.10 Å². The number of aliphatic hydroxyl groups excluding tert-OH is 1. The highest BCUT2D eigenvalue weighted by molar-refractivity contribution is 7.80. The number of hydrogen-bond donors (Lipinski definition) is 4. The maximum absolute atomic E-state index is 12.1. The highest BCUT2D eigenvalue weighted by Gasteiger charge is 2.35. The SMILES string of the molecule is Cc1cn([C@@H]2C[C@H](O)[C@@H](CNC(=S)Nc3ccc(OCc4ccc(C(C)(C)C)cc4)cc3)O2)c(=O)[nH]c1=O. The Morgan fingerprint density at radius 1 is 1.16 bits per heavy atom. The predicted octanol–water partition coefficient (Wildman–Crippen LogP) is 3.36. The van der Waals surface area contributed by atoms with Crippen molar-refractivity contribution >= 4 is 23.0 Å². The molecule has 1 fully saturated rings. The number of rotatable bonds is 7. The molecule has 4 rings (SSSR count). The van der Waals surface area contributed by atoms with E-state index in [0.717, 1.165) is 17.0 Å². The Kier molecular flexibility index (Phi) is 8.35. The van der Waals surface area contributed by atoms with Crippen LogP contribution in [0, 0.1) is 6.92 Å². The normalized spacial score (nSPS) is 19.2. The van der Waals surface area contributed by atoms with Gasteiger partial charge in [-0.2, -0.15) is 0 Å². The lowest BCUT2D eigenvalue weighted by molar-refractivity contribution is -0.0172. The first-order chi connectivity index (χ1) is 18.0. The van der Waals surface area contributed by atoms with Gasteiger partial charge >= 0.3 is 5.69 Å². The molecule has 9 nitrogen and oxygen atoms in total. The molecule has 10 heteroatoms. The summed E-state index contributed by atoms with van der Waals surface area (Å²) in [6.45, 7) is 8.91. The molecule has 0 unspecified atom stereocenters. The Bertz CT molecular complexity index is 1380. The number of benzene rings is 2. The van der Waals surface area contributed by atoms with Crippen LogP contribution in [-0.2, 0) is 16.8 Å². The molecule has 1 saturated heterocycles. The average Bonchev–Trinajstić information content (AvgIpc) is 3.24. The third kappa shape index (κ3) is 6.89. The van der Waals surface area contributed by atoms with E-state index in [9.17, 15) is 14.7 Å². The Morgan fingerprint density at radius 3 is 2.50 bits per heavy atom. The molecule has 0 saturated carbocycles. The predicted molar refractivity (Wildman–Crippen MR) is 151 cm³/mol. The van der Waals surface area contributed by atoms with Crippen LogP contribution in [0.15, 0.2) is 64.3 Å². The van der Waals surface area contributed by atoms with Crippen LogP contribution in [-0.4, -0.2) is 38.5 Å². The number of nitrogens with one attached hydrogen (secondary N) is 3. The number of aryl methyl sites for hydroxylation is 1. The molecule has 38 heavy (non-hydrogen) atoms. The zero-order valence-electron chi connectivity index (χ0n) is 22.0. The molecule has 1 aliphatic heterocycles. The molecule has 0 spiro atoms. The molecule has 0 amide bonds. The zero-order chi connectivity index (χ0) is 27.4. The molecule has 3 aromatic rings. The summed E-state index contributed by atoms with van der Waals surface area (Å²) in [6.07, 6.45) is -0.385. The number of anilines is 1. The van der Waals surface area contributed by atoms with Crippen LogP contribution in [0.4, 0.5) is 5.69 Å². The minimum atomic E-state index is -0.796. The molecule has 1 aliphatic rings. The molecule has 4 N–H and O–H groups in total. The van der Waals surface area contributed by atoms with Gasteiger partial charge in [-0.15, -0.1) is 0 Å². The molecule has 2 aromatic carbocycles. The average molecular weight is 539 g/mol. The van der Waals surface area contributed by atoms with Gasteiger partial charge < -0.3 is 25.2 Å². The zero-order valence-corrected chi connectivity index (χ0v) is 22.8. The van der Waals surface area contributed by atoms with E-state index in [0.29, 0.717) is 17.3 Å². The van der Waals surface area contributed by atoms with E-state index in [4.69, 9.17) is 21.7 Å². The lowest BCUT2D eigenvalue weighted by atomic mass is 9.87. The lowest BCUT2D eigenvalue weighted by Gasteiger charge is -2.19. The number of nitrogens with zero attached hydrogens (tertiary/aromatic N) is 1. The summed E-state index contributed by atoms with van der Waals surface area (Å²) in [5.41, 5.74) is 2.67. The third-order valence-electron chi connectivity index (χ3n) is 6.46. The van der Waals surface area contributed by atoms with Gasteiger partial charge in [-0.05, 0) is 59.9 Å². The number of aliphatic hydroxyl groups is 1. The van der Waals surface area contributed by atoms with E-state index >= 15 is 0 Å². The second-order valence-corrected chi connectivity index (χ2v) is 10.9. The summed E-state index contributed by atoms with van der Waals surface area (Å²) in [4.78, 5) is 26.0. The quantitative estimate of drug-likeness (QED) is 0.339. The van der Waals surface area contributed by atoms with Crippen LogP contribution >= 0.6 is 12.2 Å². The summed E-state index contributed by atoms with van der Waals surface area (Å²) in [6, 6.07) is 15.9. The van der Waals surface area contributed by atoms with Crippen LogP contribution < -0.4 is 26.6 Å². The van der Waals surface area contributed by atoms with Gasteiger partial charge in [0.1, 0.15) is 24.7 Å². The number of hydrogen-bond acceptors (Lipinski definition) is 6. The first-order valence-electron chi connectivity index (χ1n) is 12.5. The van der Waals surface area contributed by atoms with Crippen molar-refractivity contribution in [1.29, 1.82) is 0 Å².